The second-order valence-electron chi connectivity index (χ2n) is 7.05. The summed E-state index contributed by atoms with van der Waals surface area (Å²) in [5.74, 6) is -1.53. The van der Waals surface area contributed by atoms with Crippen LogP contribution in [0.15, 0.2) is 23.0 Å². The number of H-pyrrole nitrogens is 1. The lowest BCUT2D eigenvalue weighted by molar-refractivity contribution is -0.141. The molecule has 2 heterocycles. The predicted octanol–water partition coefficient (Wildman–Crippen LogP) is 1.99. The minimum atomic E-state index is -0.858. The summed E-state index contributed by atoms with van der Waals surface area (Å²) in [5.41, 5.74) is 1.85. The van der Waals surface area contributed by atoms with Crippen molar-refractivity contribution < 1.29 is 14.7 Å². The molecule has 1 aliphatic heterocycles. The molecular weight excluding hydrogens is 322 g/mol. The summed E-state index contributed by atoms with van der Waals surface area (Å²) >= 11 is 0. The van der Waals surface area contributed by atoms with Gasteiger partial charge in [0.1, 0.15) is 0 Å². The lowest BCUT2D eigenvalue weighted by Crippen LogP contribution is -2.29. The van der Waals surface area contributed by atoms with Crippen LogP contribution in [0.3, 0.4) is 0 Å². The van der Waals surface area contributed by atoms with Gasteiger partial charge in [0.05, 0.1) is 17.0 Å². The Morgan fingerprint density at radius 2 is 1.92 bits per heavy atom. The number of rotatable bonds is 3. The second-order valence-corrected chi connectivity index (χ2v) is 7.05. The summed E-state index contributed by atoms with van der Waals surface area (Å²) in [6.07, 6.45) is 4.79. The van der Waals surface area contributed by atoms with Crippen LogP contribution < -0.4 is 5.69 Å². The van der Waals surface area contributed by atoms with E-state index in [-0.39, 0.29) is 24.2 Å². The molecule has 0 bridgehead atoms. The fourth-order valence-corrected chi connectivity index (χ4v) is 4.12. The van der Waals surface area contributed by atoms with Crippen LogP contribution in [0.4, 0.5) is 0 Å². The van der Waals surface area contributed by atoms with Gasteiger partial charge in [0.15, 0.2) is 0 Å². The van der Waals surface area contributed by atoms with Gasteiger partial charge in [0, 0.05) is 24.7 Å². The molecule has 1 saturated heterocycles. The molecule has 2 aliphatic rings. The van der Waals surface area contributed by atoms with Crippen molar-refractivity contribution in [2.45, 2.75) is 38.1 Å². The Morgan fingerprint density at radius 1 is 1.16 bits per heavy atom. The lowest BCUT2D eigenvalue weighted by atomic mass is 10.1. The molecule has 2 aromatic rings. The number of nitrogens with zero attached hydrogens (tertiary/aromatic N) is 2. The Hall–Kier alpha value is -2.57. The Kier molecular flexibility index (Phi) is 3.86. The molecule has 7 nitrogen and oxygen atoms in total. The first-order chi connectivity index (χ1) is 12.0. The van der Waals surface area contributed by atoms with E-state index in [1.54, 1.807) is 17.0 Å². The number of benzene rings is 1. The molecule has 1 aliphatic carbocycles. The van der Waals surface area contributed by atoms with Crippen molar-refractivity contribution in [1.82, 2.24) is 14.5 Å². The van der Waals surface area contributed by atoms with Crippen molar-refractivity contribution in [3.05, 3.63) is 34.2 Å². The van der Waals surface area contributed by atoms with Crippen molar-refractivity contribution in [2.75, 3.05) is 13.1 Å². The maximum absolute atomic E-state index is 12.6. The highest BCUT2D eigenvalue weighted by Crippen LogP contribution is 2.31. The number of carboxylic acids is 1. The standard InChI is InChI=1S/C18H21N3O4/c22-16(20-8-7-12(10-20)17(23)24)11-5-6-15-14(9-11)19-18(25)21(15)13-3-1-2-4-13/h5-6,9,12-13H,1-4,7-8,10H2,(H,19,25)(H,23,24). The van der Waals surface area contributed by atoms with E-state index in [1.807, 2.05) is 10.6 Å². The number of aliphatic carboxylic acids is 1. The summed E-state index contributed by atoms with van der Waals surface area (Å²) in [6, 6.07) is 5.50. The average Bonchev–Trinajstić information content (AvgIpc) is 3.32. The van der Waals surface area contributed by atoms with Crippen molar-refractivity contribution in [1.29, 1.82) is 0 Å². The minimum absolute atomic E-state index is 0.126. The van der Waals surface area contributed by atoms with Crippen LogP contribution in [0.1, 0.15) is 48.5 Å². The quantitative estimate of drug-likeness (QED) is 0.891. The Labute approximate surface area is 144 Å². The summed E-state index contributed by atoms with van der Waals surface area (Å²) in [4.78, 5) is 40.5. The zero-order valence-electron chi connectivity index (χ0n) is 13.9. The molecule has 4 rings (SSSR count). The third-order valence-corrected chi connectivity index (χ3v) is 5.48. The number of nitrogens with one attached hydrogen (secondary N) is 1. The van der Waals surface area contributed by atoms with Crippen molar-refractivity contribution in [2.24, 2.45) is 5.92 Å². The zero-order chi connectivity index (χ0) is 17.6. The number of carboxylic acid groups (broad SMARTS) is 1. The number of likely N-dealkylation sites (tertiary alicyclic amines) is 1. The number of carbonyl (C=O) groups is 2. The van der Waals surface area contributed by atoms with E-state index in [1.165, 1.54) is 0 Å². The number of hydrogen-bond donors (Lipinski definition) is 2. The highest BCUT2D eigenvalue weighted by Gasteiger charge is 2.31. The van der Waals surface area contributed by atoms with Gasteiger partial charge in [-0.2, -0.15) is 0 Å². The molecular formula is C18H21N3O4. The van der Waals surface area contributed by atoms with Gasteiger partial charge in [-0.05, 0) is 37.5 Å². The number of fused-ring (bicyclic) bond motifs is 1. The summed E-state index contributed by atoms with van der Waals surface area (Å²) in [7, 11) is 0. The van der Waals surface area contributed by atoms with Crippen molar-refractivity contribution in [3.8, 4) is 0 Å². The first-order valence-corrected chi connectivity index (χ1v) is 8.81. The Morgan fingerprint density at radius 3 is 2.60 bits per heavy atom. The van der Waals surface area contributed by atoms with E-state index in [4.69, 9.17) is 5.11 Å². The predicted molar refractivity (Wildman–Crippen MR) is 91.7 cm³/mol. The van der Waals surface area contributed by atoms with Crippen LogP contribution in [-0.4, -0.2) is 44.5 Å². The van der Waals surface area contributed by atoms with E-state index in [0.29, 0.717) is 24.0 Å². The van der Waals surface area contributed by atoms with Crippen LogP contribution in [0.5, 0.6) is 0 Å². The first kappa shape index (κ1) is 15.9. The van der Waals surface area contributed by atoms with Crippen molar-refractivity contribution in [3.63, 3.8) is 0 Å². The van der Waals surface area contributed by atoms with E-state index in [9.17, 15) is 14.4 Å². The minimum Gasteiger partial charge on any atom is -0.481 e. The normalized spacial score (nSPS) is 21.3. The molecule has 1 saturated carbocycles. The molecule has 1 aromatic carbocycles. The highest BCUT2D eigenvalue weighted by molar-refractivity contribution is 5.97. The van der Waals surface area contributed by atoms with Crippen LogP contribution in [-0.2, 0) is 4.79 Å². The third kappa shape index (κ3) is 2.73. The van der Waals surface area contributed by atoms with Gasteiger partial charge < -0.3 is 15.0 Å². The third-order valence-electron chi connectivity index (χ3n) is 5.48. The molecule has 0 spiro atoms. The van der Waals surface area contributed by atoms with Gasteiger partial charge in [0.2, 0.25) is 0 Å². The number of amides is 1. The largest absolute Gasteiger partial charge is 0.481 e. The highest BCUT2D eigenvalue weighted by atomic mass is 16.4. The first-order valence-electron chi connectivity index (χ1n) is 8.81. The number of carbonyl (C=O) groups excluding carboxylic acids is 1. The van der Waals surface area contributed by atoms with Gasteiger partial charge in [-0.15, -0.1) is 0 Å². The fourth-order valence-electron chi connectivity index (χ4n) is 4.12. The number of hydrogen-bond acceptors (Lipinski definition) is 3. The Balaban J connectivity index is 1.63. The maximum atomic E-state index is 12.6. The summed E-state index contributed by atoms with van der Waals surface area (Å²) < 4.78 is 1.81. The molecule has 0 radical (unpaired) electrons. The van der Waals surface area contributed by atoms with Crippen LogP contribution in [0.2, 0.25) is 0 Å². The molecule has 1 aromatic heterocycles. The maximum Gasteiger partial charge on any atom is 0.326 e. The molecule has 7 heteroatoms. The zero-order valence-corrected chi connectivity index (χ0v) is 13.9. The Bertz CT molecular complexity index is 891. The average molecular weight is 343 g/mol. The van der Waals surface area contributed by atoms with Crippen LogP contribution in [0, 0.1) is 5.92 Å². The van der Waals surface area contributed by atoms with E-state index in [0.717, 1.165) is 31.2 Å². The van der Waals surface area contributed by atoms with Gasteiger partial charge in [-0.25, -0.2) is 4.79 Å². The number of aromatic nitrogens is 2. The smallest absolute Gasteiger partial charge is 0.326 e. The van der Waals surface area contributed by atoms with E-state index in [2.05, 4.69) is 4.98 Å². The lowest BCUT2D eigenvalue weighted by Gasteiger charge is -2.16. The molecule has 2 N–H and O–H groups in total. The molecule has 1 atom stereocenters. The van der Waals surface area contributed by atoms with Crippen LogP contribution in [0.25, 0.3) is 11.0 Å². The summed E-state index contributed by atoms with van der Waals surface area (Å²) in [5, 5.41) is 9.08. The molecule has 2 fully saturated rings. The van der Waals surface area contributed by atoms with Gasteiger partial charge in [-0.3, -0.25) is 14.2 Å². The second kappa shape index (κ2) is 6.06. The summed E-state index contributed by atoms with van der Waals surface area (Å²) in [6.45, 7) is 0.694. The van der Waals surface area contributed by atoms with Gasteiger partial charge in [0.25, 0.3) is 5.91 Å². The van der Waals surface area contributed by atoms with Gasteiger partial charge in [-0.1, -0.05) is 12.8 Å². The molecule has 132 valence electrons. The van der Waals surface area contributed by atoms with Crippen LogP contribution >= 0.6 is 0 Å². The monoisotopic (exact) mass is 343 g/mol. The van der Waals surface area contributed by atoms with E-state index >= 15 is 0 Å². The van der Waals surface area contributed by atoms with Gasteiger partial charge >= 0.3 is 11.7 Å². The molecule has 25 heavy (non-hydrogen) atoms. The SMILES string of the molecule is O=C(O)C1CCN(C(=O)c2ccc3c(c2)[nH]c(=O)n3C2CCCC2)C1. The van der Waals surface area contributed by atoms with Crippen molar-refractivity contribution >= 4 is 22.9 Å². The molecule has 1 amide bonds. The van der Waals surface area contributed by atoms with E-state index < -0.39 is 11.9 Å². The number of aromatic amines is 1. The fraction of sp³-hybridized carbons (Fsp3) is 0.500. The topological polar surface area (TPSA) is 95.4 Å². The molecule has 1 unspecified atom stereocenters. The number of imidazole rings is 1.